The monoisotopic (exact) mass is 378 g/mol. The van der Waals surface area contributed by atoms with Crippen LogP contribution in [0.1, 0.15) is 13.3 Å². The molecule has 0 bridgehead atoms. The molecule has 0 aromatic carbocycles. The molecule has 0 rings (SSSR count). The number of ether oxygens (including phenoxy) is 1. The van der Waals surface area contributed by atoms with Gasteiger partial charge in [-0.1, -0.05) is 6.58 Å². The highest BCUT2D eigenvalue weighted by Crippen LogP contribution is 2.16. The third kappa shape index (κ3) is 12.5. The van der Waals surface area contributed by atoms with Crippen LogP contribution in [-0.2, 0) is 17.8 Å². The number of esters is 1. The molecule has 1 atom stereocenters. The summed E-state index contributed by atoms with van der Waals surface area (Å²) in [5.74, 6) is -0.287. The van der Waals surface area contributed by atoms with E-state index in [2.05, 4.69) is 39.3 Å². The predicted molar refractivity (Wildman–Crippen MR) is 105 cm³/mol. The molecule has 0 fully saturated rings. The maximum absolute atomic E-state index is 11.2. The minimum Gasteiger partial charge on any atom is -0.462 e. The molecule has 4 nitrogen and oxygen atoms in total. The van der Waals surface area contributed by atoms with Gasteiger partial charge in [-0.3, -0.25) is 0 Å². The Morgan fingerprint density at radius 3 is 2.45 bits per heavy atom. The minimum atomic E-state index is -1.51. The summed E-state index contributed by atoms with van der Waals surface area (Å²) in [6.45, 7) is 17.2. The first-order valence-electron chi connectivity index (χ1n) is 8.26. The molecule has 0 aromatic heterocycles. The van der Waals surface area contributed by atoms with Crippen LogP contribution in [0.3, 0.4) is 0 Å². The summed E-state index contributed by atoms with van der Waals surface area (Å²) in [6, 6.07) is 3.54. The van der Waals surface area contributed by atoms with Crippen molar-refractivity contribution in [2.75, 3.05) is 6.61 Å². The highest BCUT2D eigenvalue weighted by Gasteiger charge is 2.23. The van der Waals surface area contributed by atoms with Gasteiger partial charge in [0.15, 0.2) is 26.4 Å². The quantitative estimate of drug-likeness (QED) is 0.227. The van der Waals surface area contributed by atoms with Gasteiger partial charge in [0.1, 0.15) is 9.76 Å². The molecule has 22 heavy (non-hydrogen) atoms. The molecule has 0 heterocycles. The Morgan fingerprint density at radius 2 is 1.91 bits per heavy atom. The Balaban J connectivity index is 3.71. The minimum absolute atomic E-state index is 0.287. The average Bonchev–Trinajstić information content (AvgIpc) is 2.39. The molecule has 0 amide bonds. The fraction of sp³-hybridized carbons (Fsp3) is 0.786. The van der Waals surface area contributed by atoms with Gasteiger partial charge in [-0.05, 0) is 64.2 Å². The summed E-state index contributed by atoms with van der Waals surface area (Å²) in [6.07, 6.45) is 0.906. The van der Waals surface area contributed by atoms with Gasteiger partial charge in [0.05, 0.1) is 6.61 Å². The predicted octanol–water partition coefficient (Wildman–Crippen LogP) is 2.57. The molecular weight excluding hydrogens is 344 g/mol. The van der Waals surface area contributed by atoms with E-state index in [1.165, 1.54) is 12.1 Å². The molecule has 1 unspecified atom stereocenters. The van der Waals surface area contributed by atoms with Crippen molar-refractivity contribution >= 4 is 42.1 Å². The van der Waals surface area contributed by atoms with Crippen LogP contribution >= 0.6 is 0 Å². The van der Waals surface area contributed by atoms with Crippen molar-refractivity contribution in [1.29, 1.82) is 0 Å². The van der Waals surface area contributed by atoms with Crippen LogP contribution in [0.5, 0.6) is 0 Å². The first-order chi connectivity index (χ1) is 10.1. The third-order valence-electron chi connectivity index (χ3n) is 3.27. The van der Waals surface area contributed by atoms with Gasteiger partial charge >= 0.3 is 5.97 Å². The number of carbonyl (C=O) groups is 1. The van der Waals surface area contributed by atoms with Crippen LogP contribution in [0.4, 0.5) is 0 Å². The molecule has 0 aliphatic heterocycles. The summed E-state index contributed by atoms with van der Waals surface area (Å²) >= 11 is 0. The van der Waals surface area contributed by atoms with Crippen molar-refractivity contribution in [2.24, 2.45) is 0 Å². The van der Waals surface area contributed by atoms with Gasteiger partial charge in [0.25, 0.3) is 0 Å². The van der Waals surface area contributed by atoms with Crippen molar-refractivity contribution < 1.29 is 17.8 Å². The molecule has 0 aliphatic rings. The van der Waals surface area contributed by atoms with Crippen molar-refractivity contribution in [3.8, 4) is 0 Å². The first-order valence-corrected chi connectivity index (χ1v) is 18.2. The van der Waals surface area contributed by atoms with E-state index in [1.807, 2.05) is 0 Å². The lowest BCUT2D eigenvalue weighted by Crippen LogP contribution is -2.34. The van der Waals surface area contributed by atoms with Crippen molar-refractivity contribution in [3.63, 3.8) is 0 Å². The number of hydrogen-bond acceptors (Lipinski definition) is 4. The lowest BCUT2D eigenvalue weighted by Gasteiger charge is -2.25. The molecule has 130 valence electrons. The van der Waals surface area contributed by atoms with E-state index >= 15 is 0 Å². The van der Waals surface area contributed by atoms with Gasteiger partial charge in [0.2, 0.25) is 0 Å². The molecule has 0 radical (unpaired) electrons. The zero-order chi connectivity index (χ0) is 17.2. The van der Waals surface area contributed by atoms with E-state index in [9.17, 15) is 4.79 Å². The number of hydrogen-bond donors (Lipinski definition) is 0. The standard InChI is InChI=1S/C14H34O4Si4/c1-13(2)14(15)16-9-8-10-19-17-22(6,7)12-11-21(5)18-20(3)4/h20-21H,1,8-12,19H2,2-7H3. The SMILES string of the molecule is C=C(C)C(=O)OCCC[SiH2]O[Si](C)(C)CC[SiH](C)O[SiH](C)C. The van der Waals surface area contributed by atoms with E-state index in [0.717, 1.165) is 12.5 Å². The molecule has 8 heteroatoms. The molecule has 0 spiro atoms. The molecule has 0 aromatic rings. The Morgan fingerprint density at radius 1 is 1.27 bits per heavy atom. The zero-order valence-electron chi connectivity index (χ0n) is 15.2. The smallest absolute Gasteiger partial charge is 0.333 e. The van der Waals surface area contributed by atoms with Crippen LogP contribution in [0, 0.1) is 0 Å². The highest BCUT2D eigenvalue weighted by molar-refractivity contribution is 6.76. The normalized spacial score (nSPS) is 13.8. The maximum Gasteiger partial charge on any atom is 0.333 e. The van der Waals surface area contributed by atoms with Gasteiger partial charge in [-0.15, -0.1) is 0 Å². The number of rotatable bonds is 12. The largest absolute Gasteiger partial charge is 0.462 e. The summed E-state index contributed by atoms with van der Waals surface area (Å²) in [5, 5.41) is 0. The molecule has 0 saturated heterocycles. The second-order valence-electron chi connectivity index (χ2n) is 6.77. The van der Waals surface area contributed by atoms with Gasteiger partial charge in [-0.2, -0.15) is 0 Å². The Kier molecular flexibility index (Phi) is 11.5. The summed E-state index contributed by atoms with van der Waals surface area (Å²) < 4.78 is 17.4. The maximum atomic E-state index is 11.2. The second kappa shape index (κ2) is 11.5. The topological polar surface area (TPSA) is 44.8 Å². The lowest BCUT2D eigenvalue weighted by atomic mass is 10.4. The van der Waals surface area contributed by atoms with E-state index in [0.29, 0.717) is 12.2 Å². The van der Waals surface area contributed by atoms with E-state index in [1.54, 1.807) is 6.92 Å². The van der Waals surface area contributed by atoms with Crippen LogP contribution in [0.15, 0.2) is 12.2 Å². The van der Waals surface area contributed by atoms with E-state index in [4.69, 9.17) is 13.0 Å². The second-order valence-corrected chi connectivity index (χ2v) is 18.4. The summed E-state index contributed by atoms with van der Waals surface area (Å²) in [7, 11) is -3.83. The van der Waals surface area contributed by atoms with Crippen molar-refractivity contribution in [1.82, 2.24) is 0 Å². The van der Waals surface area contributed by atoms with Crippen molar-refractivity contribution in [2.45, 2.75) is 64.2 Å². The summed E-state index contributed by atoms with van der Waals surface area (Å²) in [4.78, 5) is 11.2. The van der Waals surface area contributed by atoms with E-state index < -0.39 is 36.2 Å². The summed E-state index contributed by atoms with van der Waals surface area (Å²) in [5.41, 5.74) is 0.465. The van der Waals surface area contributed by atoms with Crippen LogP contribution < -0.4 is 0 Å². The number of carbonyl (C=O) groups excluding carboxylic acids is 1. The lowest BCUT2D eigenvalue weighted by molar-refractivity contribution is -0.138. The Hall–Kier alpha value is -0.00247. The van der Waals surface area contributed by atoms with Gasteiger partial charge < -0.3 is 13.0 Å². The van der Waals surface area contributed by atoms with Crippen LogP contribution in [0.25, 0.3) is 0 Å². The zero-order valence-corrected chi connectivity index (χ0v) is 20.0. The molecule has 0 aliphatic carbocycles. The highest BCUT2D eigenvalue weighted by atomic mass is 28.4. The average molecular weight is 379 g/mol. The Bertz CT molecular complexity index is 348. The Labute approximate surface area is 143 Å². The van der Waals surface area contributed by atoms with Crippen molar-refractivity contribution in [3.05, 3.63) is 12.2 Å². The van der Waals surface area contributed by atoms with Gasteiger partial charge in [0, 0.05) is 5.57 Å². The fourth-order valence-corrected chi connectivity index (χ4v) is 14.4. The van der Waals surface area contributed by atoms with Crippen LogP contribution in [-0.4, -0.2) is 48.7 Å². The molecule has 0 saturated carbocycles. The van der Waals surface area contributed by atoms with Gasteiger partial charge in [-0.25, -0.2) is 4.79 Å². The fourth-order valence-electron chi connectivity index (χ4n) is 2.00. The molecular formula is C14H34O4Si4. The first kappa shape index (κ1) is 22.0. The van der Waals surface area contributed by atoms with E-state index in [-0.39, 0.29) is 5.97 Å². The molecule has 0 N–H and O–H groups in total. The van der Waals surface area contributed by atoms with Crippen LogP contribution in [0.2, 0.25) is 50.9 Å². The third-order valence-corrected chi connectivity index (χ3v) is 15.2.